The second-order valence-electron chi connectivity index (χ2n) is 7.20. The van der Waals surface area contributed by atoms with E-state index in [1.807, 2.05) is 16.2 Å². The van der Waals surface area contributed by atoms with Gasteiger partial charge in [-0.2, -0.15) is 9.97 Å². The zero-order valence-electron chi connectivity index (χ0n) is 16.6. The van der Waals surface area contributed by atoms with Crippen molar-refractivity contribution < 1.29 is 9.53 Å². The second kappa shape index (κ2) is 8.70. The fourth-order valence-electron chi connectivity index (χ4n) is 3.45. The van der Waals surface area contributed by atoms with Gasteiger partial charge in [-0.15, -0.1) is 0 Å². The highest BCUT2D eigenvalue weighted by Crippen LogP contribution is 2.18. The first-order valence-corrected chi connectivity index (χ1v) is 10.1. The van der Waals surface area contributed by atoms with Gasteiger partial charge in [-0.1, -0.05) is 12.2 Å². The van der Waals surface area contributed by atoms with Crippen LogP contribution in [0.25, 0.3) is 23.3 Å². The summed E-state index contributed by atoms with van der Waals surface area (Å²) in [7, 11) is 1.97. The quantitative estimate of drug-likeness (QED) is 0.414. The summed E-state index contributed by atoms with van der Waals surface area (Å²) in [6.45, 7) is 1.52. The molecule has 0 saturated heterocycles. The summed E-state index contributed by atoms with van der Waals surface area (Å²) in [5, 5.41) is 5.00. The van der Waals surface area contributed by atoms with E-state index in [0.717, 1.165) is 23.5 Å². The number of carbonyl (C=O) groups is 1. The highest BCUT2D eigenvalue weighted by molar-refractivity contribution is 6.28. The fraction of sp³-hybridized carbons (Fsp3) is 0.421. The number of nitrogens with one attached hydrogen (secondary N) is 1. The number of rotatable bonds is 7. The van der Waals surface area contributed by atoms with Crippen LogP contribution in [0.2, 0.25) is 5.28 Å². The number of anilines is 1. The minimum atomic E-state index is -0.407. The van der Waals surface area contributed by atoms with Crippen LogP contribution < -0.4 is 21.7 Å². The maximum absolute atomic E-state index is 11.9. The third-order valence-electron chi connectivity index (χ3n) is 5.02. The number of nitrogens with zero attached hydrogens (tertiary/aromatic N) is 6. The van der Waals surface area contributed by atoms with Gasteiger partial charge in [0.15, 0.2) is 11.5 Å². The van der Waals surface area contributed by atoms with Gasteiger partial charge in [0.05, 0.1) is 30.0 Å². The SMILES string of the molecule is Cn1cnc2c1=CCC(CNC(=O)OCCCCn1cnc3c(N)nc(Cl)nc31)C=2. The molecule has 0 saturated carbocycles. The van der Waals surface area contributed by atoms with Gasteiger partial charge in [0.25, 0.3) is 0 Å². The monoisotopic (exact) mass is 430 g/mol. The molecule has 30 heavy (non-hydrogen) atoms. The van der Waals surface area contributed by atoms with Crippen molar-refractivity contribution in [3.63, 3.8) is 0 Å². The van der Waals surface area contributed by atoms with Crippen LogP contribution in [0, 0.1) is 5.92 Å². The minimum Gasteiger partial charge on any atom is -0.450 e. The van der Waals surface area contributed by atoms with Crippen molar-refractivity contribution in [3.8, 4) is 0 Å². The topological polar surface area (TPSA) is 126 Å². The van der Waals surface area contributed by atoms with E-state index in [2.05, 4.69) is 37.4 Å². The molecule has 0 aliphatic heterocycles. The third-order valence-corrected chi connectivity index (χ3v) is 5.19. The number of amides is 1. The van der Waals surface area contributed by atoms with E-state index in [-0.39, 0.29) is 17.0 Å². The predicted octanol–water partition coefficient (Wildman–Crippen LogP) is 0.583. The number of hydrogen-bond acceptors (Lipinski definition) is 7. The highest BCUT2D eigenvalue weighted by atomic mass is 35.5. The van der Waals surface area contributed by atoms with Crippen LogP contribution >= 0.6 is 11.6 Å². The van der Waals surface area contributed by atoms with Crippen LogP contribution in [0.1, 0.15) is 19.3 Å². The molecule has 1 unspecified atom stereocenters. The molecule has 0 spiro atoms. The summed E-state index contributed by atoms with van der Waals surface area (Å²) < 4.78 is 9.12. The molecule has 1 atom stereocenters. The maximum Gasteiger partial charge on any atom is 0.407 e. The van der Waals surface area contributed by atoms with E-state index in [0.29, 0.717) is 37.3 Å². The average Bonchev–Trinajstić information content (AvgIpc) is 3.30. The summed E-state index contributed by atoms with van der Waals surface area (Å²) >= 11 is 5.87. The maximum atomic E-state index is 11.9. The normalized spacial score (nSPS) is 15.3. The molecule has 0 aromatic carbocycles. The van der Waals surface area contributed by atoms with Crippen molar-refractivity contribution >= 4 is 46.8 Å². The molecular weight excluding hydrogens is 408 g/mol. The van der Waals surface area contributed by atoms with Gasteiger partial charge >= 0.3 is 6.09 Å². The zero-order valence-corrected chi connectivity index (χ0v) is 17.3. The number of aryl methyl sites for hydroxylation is 2. The molecule has 3 aromatic rings. The summed E-state index contributed by atoms with van der Waals surface area (Å²) in [4.78, 5) is 28.6. The first kappa shape index (κ1) is 20.1. The van der Waals surface area contributed by atoms with E-state index in [1.165, 1.54) is 0 Å². The molecule has 4 rings (SSSR count). The minimum absolute atomic E-state index is 0.0915. The predicted molar refractivity (Wildman–Crippen MR) is 113 cm³/mol. The molecular formula is C19H23ClN8O2. The Labute approximate surface area is 177 Å². The number of halogens is 1. The number of ether oxygens (including phenoxy) is 1. The lowest BCUT2D eigenvalue weighted by atomic mass is 10.0. The van der Waals surface area contributed by atoms with Crippen molar-refractivity contribution in [2.45, 2.75) is 25.8 Å². The van der Waals surface area contributed by atoms with Gasteiger partial charge in [0, 0.05) is 26.1 Å². The van der Waals surface area contributed by atoms with E-state index in [4.69, 9.17) is 22.1 Å². The number of nitrogen functional groups attached to an aromatic ring is 1. The van der Waals surface area contributed by atoms with Gasteiger partial charge in [-0.3, -0.25) is 0 Å². The van der Waals surface area contributed by atoms with Crippen LogP contribution in [-0.2, 0) is 18.3 Å². The van der Waals surface area contributed by atoms with Gasteiger partial charge in [0.2, 0.25) is 5.28 Å². The Kier molecular flexibility index (Phi) is 5.84. The number of alkyl carbamates (subject to hydrolysis) is 1. The van der Waals surface area contributed by atoms with Gasteiger partial charge < -0.3 is 24.9 Å². The molecule has 158 valence electrons. The van der Waals surface area contributed by atoms with E-state index < -0.39 is 6.09 Å². The first-order chi connectivity index (χ1) is 14.5. The van der Waals surface area contributed by atoms with Crippen LogP contribution in [-0.4, -0.2) is 48.3 Å². The van der Waals surface area contributed by atoms with Crippen molar-refractivity contribution in [2.24, 2.45) is 13.0 Å². The molecule has 1 aliphatic carbocycles. The number of imidazole rings is 2. The summed E-state index contributed by atoms with van der Waals surface area (Å²) in [5.74, 6) is 0.478. The molecule has 0 bridgehead atoms. The Morgan fingerprint density at radius 1 is 1.33 bits per heavy atom. The molecule has 10 nitrogen and oxygen atoms in total. The zero-order chi connectivity index (χ0) is 21.1. The molecule has 1 aliphatic rings. The van der Waals surface area contributed by atoms with Crippen molar-refractivity contribution in [1.29, 1.82) is 0 Å². The fourth-order valence-corrected chi connectivity index (χ4v) is 3.62. The Bertz CT molecular complexity index is 1190. The Morgan fingerprint density at radius 2 is 2.20 bits per heavy atom. The number of carbonyl (C=O) groups excluding carboxylic acids is 1. The lowest BCUT2D eigenvalue weighted by molar-refractivity contribution is 0.143. The van der Waals surface area contributed by atoms with Crippen LogP contribution in [0.15, 0.2) is 12.7 Å². The molecule has 3 aromatic heterocycles. The molecule has 1 amide bonds. The van der Waals surface area contributed by atoms with Crippen LogP contribution in [0.3, 0.4) is 0 Å². The Balaban J connectivity index is 1.17. The molecule has 3 N–H and O–H groups in total. The van der Waals surface area contributed by atoms with Gasteiger partial charge in [-0.25, -0.2) is 14.8 Å². The van der Waals surface area contributed by atoms with Gasteiger partial charge in [-0.05, 0) is 30.9 Å². The van der Waals surface area contributed by atoms with Crippen molar-refractivity contribution in [2.75, 3.05) is 18.9 Å². The Morgan fingerprint density at radius 3 is 3.07 bits per heavy atom. The van der Waals surface area contributed by atoms with Gasteiger partial charge in [0.1, 0.15) is 5.52 Å². The lowest BCUT2D eigenvalue weighted by Gasteiger charge is -2.14. The summed E-state index contributed by atoms with van der Waals surface area (Å²) in [5.41, 5.74) is 6.93. The molecule has 0 fully saturated rings. The number of fused-ring (bicyclic) bond motifs is 2. The van der Waals surface area contributed by atoms with Crippen LogP contribution in [0.5, 0.6) is 0 Å². The number of hydrogen-bond donors (Lipinski definition) is 2. The lowest BCUT2D eigenvalue weighted by Crippen LogP contribution is -2.36. The highest BCUT2D eigenvalue weighted by Gasteiger charge is 2.12. The largest absolute Gasteiger partial charge is 0.450 e. The van der Waals surface area contributed by atoms with Crippen molar-refractivity contribution in [1.82, 2.24) is 34.4 Å². The van der Waals surface area contributed by atoms with Crippen LogP contribution in [0.4, 0.5) is 10.6 Å². The molecule has 3 heterocycles. The molecule has 11 heteroatoms. The summed E-state index contributed by atoms with van der Waals surface area (Å²) in [6.07, 6.45) is 9.64. The summed E-state index contributed by atoms with van der Waals surface area (Å²) in [6, 6.07) is 0. The molecule has 0 radical (unpaired) electrons. The third kappa shape index (κ3) is 4.38. The van der Waals surface area contributed by atoms with E-state index in [9.17, 15) is 4.79 Å². The standard InChI is InChI=1S/C19H23ClN8O2/c1-27-10-23-13-8-12(4-5-14(13)27)9-22-19(29)30-7-3-2-6-28-11-24-15-16(21)25-18(20)26-17(15)28/h5,8,10-12H,2-4,6-7,9H2,1H3,(H,22,29)(H2,21,25,26). The smallest absolute Gasteiger partial charge is 0.407 e. The van der Waals surface area contributed by atoms with E-state index >= 15 is 0 Å². The number of aromatic nitrogens is 6. The van der Waals surface area contributed by atoms with E-state index in [1.54, 1.807) is 12.7 Å². The first-order valence-electron chi connectivity index (χ1n) is 9.75. The second-order valence-corrected chi connectivity index (χ2v) is 7.54. The number of unbranched alkanes of at least 4 members (excludes halogenated alkanes) is 1. The average molecular weight is 431 g/mol. The Hall–Kier alpha value is -3.14. The number of nitrogens with two attached hydrogens (primary N) is 1. The van der Waals surface area contributed by atoms with Crippen molar-refractivity contribution in [3.05, 3.63) is 28.6 Å².